The van der Waals surface area contributed by atoms with Crippen molar-refractivity contribution in [1.82, 2.24) is 9.88 Å². The van der Waals surface area contributed by atoms with Gasteiger partial charge in [0.1, 0.15) is 0 Å². The zero-order valence-corrected chi connectivity index (χ0v) is 14.1. The summed E-state index contributed by atoms with van der Waals surface area (Å²) in [7, 11) is 0. The topological polar surface area (TPSA) is 65.2 Å². The van der Waals surface area contributed by atoms with Gasteiger partial charge < -0.3 is 15.2 Å². The van der Waals surface area contributed by atoms with Crippen molar-refractivity contribution in [1.29, 1.82) is 0 Å². The molecule has 0 saturated carbocycles. The summed E-state index contributed by atoms with van der Waals surface area (Å²) < 4.78 is 0. The van der Waals surface area contributed by atoms with E-state index >= 15 is 0 Å². The van der Waals surface area contributed by atoms with E-state index in [-0.39, 0.29) is 11.5 Å². The summed E-state index contributed by atoms with van der Waals surface area (Å²) in [5.74, 6) is -0.00856. The molecule has 0 aliphatic carbocycles. The van der Waals surface area contributed by atoms with Gasteiger partial charge in [0.05, 0.1) is 10.6 Å². The van der Waals surface area contributed by atoms with Crippen LogP contribution in [-0.2, 0) is 6.54 Å². The first-order valence-electron chi connectivity index (χ1n) is 8.14. The zero-order chi connectivity index (χ0) is 16.9. The smallest absolute Gasteiger partial charge is 0.255 e. The van der Waals surface area contributed by atoms with E-state index in [2.05, 4.69) is 10.3 Å². The van der Waals surface area contributed by atoms with Crippen molar-refractivity contribution < 1.29 is 4.79 Å². The number of piperidine rings is 1. The number of amides is 1. The first-order chi connectivity index (χ1) is 11.6. The van der Waals surface area contributed by atoms with Gasteiger partial charge in [-0.25, -0.2) is 0 Å². The fourth-order valence-corrected chi connectivity index (χ4v) is 3.12. The number of nitrogens with zero attached hydrogens (tertiary/aromatic N) is 1. The fourth-order valence-electron chi connectivity index (χ4n) is 2.86. The zero-order valence-electron chi connectivity index (χ0n) is 13.3. The monoisotopic (exact) mass is 345 g/mol. The maximum absolute atomic E-state index is 12.5. The second kappa shape index (κ2) is 7.53. The summed E-state index contributed by atoms with van der Waals surface area (Å²) in [6, 6.07) is 8.85. The molecule has 24 heavy (non-hydrogen) atoms. The van der Waals surface area contributed by atoms with Crippen molar-refractivity contribution in [3.05, 3.63) is 63.0 Å². The summed E-state index contributed by atoms with van der Waals surface area (Å²) in [6.07, 6.45) is 4.88. The van der Waals surface area contributed by atoms with E-state index in [1.807, 2.05) is 11.0 Å². The minimum atomic E-state index is -0.118. The minimum Gasteiger partial charge on any atom is -0.381 e. The van der Waals surface area contributed by atoms with Crippen LogP contribution in [0.3, 0.4) is 0 Å². The number of rotatable bonds is 4. The SMILES string of the molecule is O=C(c1ccc(NCc2ccc[nH]c2=O)cc1Cl)N1CCCCC1. The Balaban J connectivity index is 1.69. The lowest BCUT2D eigenvalue weighted by Gasteiger charge is -2.27. The fraction of sp³-hybridized carbons (Fsp3) is 0.333. The summed E-state index contributed by atoms with van der Waals surface area (Å²) >= 11 is 6.30. The van der Waals surface area contributed by atoms with Crippen LogP contribution < -0.4 is 10.9 Å². The molecule has 1 aromatic carbocycles. The molecular weight excluding hydrogens is 326 g/mol. The Morgan fingerprint density at radius 1 is 1.21 bits per heavy atom. The Bertz CT molecular complexity index is 782. The molecule has 1 aliphatic heterocycles. The van der Waals surface area contributed by atoms with Gasteiger partial charge >= 0.3 is 0 Å². The molecule has 0 unspecified atom stereocenters. The van der Waals surface area contributed by atoms with Gasteiger partial charge in [-0.1, -0.05) is 17.7 Å². The average Bonchev–Trinajstić information content (AvgIpc) is 2.61. The predicted molar refractivity (Wildman–Crippen MR) is 95.6 cm³/mol. The standard InChI is InChI=1S/C18H20ClN3O2/c19-16-11-14(21-12-13-5-4-8-20-17(13)23)6-7-15(16)18(24)22-9-2-1-3-10-22/h4-8,11,21H,1-3,9-10,12H2,(H,20,23). The van der Waals surface area contributed by atoms with Gasteiger partial charge in [-0.2, -0.15) is 0 Å². The highest BCUT2D eigenvalue weighted by Gasteiger charge is 2.20. The van der Waals surface area contributed by atoms with Gasteiger partial charge in [0, 0.05) is 37.1 Å². The molecule has 1 amide bonds. The van der Waals surface area contributed by atoms with E-state index in [0.29, 0.717) is 22.7 Å². The maximum Gasteiger partial charge on any atom is 0.255 e. The molecule has 2 aromatic rings. The van der Waals surface area contributed by atoms with Gasteiger partial charge in [0.2, 0.25) is 0 Å². The second-order valence-corrected chi connectivity index (χ2v) is 6.33. The molecule has 2 N–H and O–H groups in total. The summed E-state index contributed by atoms with van der Waals surface area (Å²) in [4.78, 5) is 28.7. The second-order valence-electron chi connectivity index (χ2n) is 5.93. The average molecular weight is 346 g/mol. The van der Waals surface area contributed by atoms with E-state index in [0.717, 1.165) is 31.6 Å². The van der Waals surface area contributed by atoms with Crippen molar-refractivity contribution >= 4 is 23.2 Å². The van der Waals surface area contributed by atoms with Gasteiger partial charge in [-0.05, 0) is 43.5 Å². The van der Waals surface area contributed by atoms with Crippen LogP contribution in [0.5, 0.6) is 0 Å². The van der Waals surface area contributed by atoms with Gasteiger partial charge in [-0.3, -0.25) is 9.59 Å². The molecular formula is C18H20ClN3O2. The number of likely N-dealkylation sites (tertiary alicyclic amines) is 1. The quantitative estimate of drug-likeness (QED) is 0.893. The van der Waals surface area contributed by atoms with E-state index in [1.165, 1.54) is 6.42 Å². The van der Waals surface area contributed by atoms with Gasteiger partial charge in [0.15, 0.2) is 0 Å². The molecule has 2 heterocycles. The Morgan fingerprint density at radius 2 is 2.00 bits per heavy atom. The van der Waals surface area contributed by atoms with Gasteiger partial charge in [0.25, 0.3) is 11.5 Å². The van der Waals surface area contributed by atoms with E-state index in [4.69, 9.17) is 11.6 Å². The van der Waals surface area contributed by atoms with Crippen LogP contribution in [0.4, 0.5) is 5.69 Å². The van der Waals surface area contributed by atoms with E-state index < -0.39 is 0 Å². The van der Waals surface area contributed by atoms with Crippen LogP contribution in [0.2, 0.25) is 5.02 Å². The summed E-state index contributed by atoms with van der Waals surface area (Å²) in [5, 5.41) is 3.59. The number of aromatic amines is 1. The number of benzene rings is 1. The molecule has 0 radical (unpaired) electrons. The molecule has 0 atom stereocenters. The number of hydrogen-bond donors (Lipinski definition) is 2. The van der Waals surface area contributed by atoms with Crippen LogP contribution >= 0.6 is 11.6 Å². The highest BCUT2D eigenvalue weighted by molar-refractivity contribution is 6.34. The van der Waals surface area contributed by atoms with Crippen LogP contribution in [0, 0.1) is 0 Å². The van der Waals surface area contributed by atoms with Crippen LogP contribution in [-0.4, -0.2) is 28.9 Å². The molecule has 0 spiro atoms. The number of anilines is 1. The van der Waals surface area contributed by atoms with E-state index in [9.17, 15) is 9.59 Å². The van der Waals surface area contributed by atoms with Crippen molar-refractivity contribution in [3.63, 3.8) is 0 Å². The molecule has 5 nitrogen and oxygen atoms in total. The molecule has 1 fully saturated rings. The van der Waals surface area contributed by atoms with Gasteiger partial charge in [-0.15, -0.1) is 0 Å². The third kappa shape index (κ3) is 3.79. The van der Waals surface area contributed by atoms with Crippen LogP contribution in [0.1, 0.15) is 35.2 Å². The van der Waals surface area contributed by atoms with Crippen molar-refractivity contribution in [2.45, 2.75) is 25.8 Å². The lowest BCUT2D eigenvalue weighted by Crippen LogP contribution is -2.35. The molecule has 3 rings (SSSR count). The third-order valence-electron chi connectivity index (χ3n) is 4.23. The van der Waals surface area contributed by atoms with Crippen molar-refractivity contribution in [2.75, 3.05) is 18.4 Å². The third-order valence-corrected chi connectivity index (χ3v) is 4.54. The predicted octanol–water partition coefficient (Wildman–Crippen LogP) is 3.27. The number of nitrogens with one attached hydrogen (secondary N) is 2. The number of halogens is 1. The first-order valence-corrected chi connectivity index (χ1v) is 8.52. The van der Waals surface area contributed by atoms with Crippen molar-refractivity contribution in [3.8, 4) is 0 Å². The number of carbonyl (C=O) groups is 1. The maximum atomic E-state index is 12.5. The Labute approximate surface area is 145 Å². The molecule has 1 aromatic heterocycles. The minimum absolute atomic E-state index is 0.00856. The highest BCUT2D eigenvalue weighted by atomic mass is 35.5. The Hall–Kier alpha value is -2.27. The largest absolute Gasteiger partial charge is 0.381 e. The Morgan fingerprint density at radius 3 is 2.71 bits per heavy atom. The molecule has 126 valence electrons. The lowest BCUT2D eigenvalue weighted by atomic mass is 10.1. The highest BCUT2D eigenvalue weighted by Crippen LogP contribution is 2.24. The van der Waals surface area contributed by atoms with E-state index in [1.54, 1.807) is 30.5 Å². The normalized spacial score (nSPS) is 14.5. The lowest BCUT2D eigenvalue weighted by molar-refractivity contribution is 0.0724. The molecule has 0 bridgehead atoms. The summed E-state index contributed by atoms with van der Waals surface area (Å²) in [6.45, 7) is 1.99. The number of pyridine rings is 1. The number of carbonyl (C=O) groups excluding carboxylic acids is 1. The van der Waals surface area contributed by atoms with Crippen molar-refractivity contribution in [2.24, 2.45) is 0 Å². The number of aromatic nitrogens is 1. The Kier molecular flexibility index (Phi) is 5.20. The molecule has 1 saturated heterocycles. The molecule has 6 heteroatoms. The first kappa shape index (κ1) is 16.6. The number of hydrogen-bond acceptors (Lipinski definition) is 3. The molecule has 1 aliphatic rings. The van der Waals surface area contributed by atoms with Crippen LogP contribution in [0.15, 0.2) is 41.3 Å². The van der Waals surface area contributed by atoms with Crippen LogP contribution in [0.25, 0.3) is 0 Å². The number of H-pyrrole nitrogens is 1. The summed E-state index contributed by atoms with van der Waals surface area (Å²) in [5.41, 5.74) is 1.83.